The predicted molar refractivity (Wildman–Crippen MR) is 68.9 cm³/mol. The number of aryl methyl sites for hydroxylation is 1. The molecule has 2 aromatic rings. The minimum absolute atomic E-state index is 0.319. The Hall–Kier alpha value is -2.35. The van der Waals surface area contributed by atoms with E-state index in [1.54, 1.807) is 26.0 Å². The van der Waals surface area contributed by atoms with E-state index in [2.05, 4.69) is 15.3 Å². The molecule has 18 heavy (non-hydrogen) atoms. The molecule has 5 heteroatoms. The summed E-state index contributed by atoms with van der Waals surface area (Å²) < 4.78 is 0. The number of carbonyl (C=O) groups is 1. The van der Waals surface area contributed by atoms with Crippen molar-refractivity contribution in [2.75, 3.05) is 5.32 Å². The molecular weight excluding hydrogens is 228 g/mol. The Morgan fingerprint density at radius 3 is 2.89 bits per heavy atom. The van der Waals surface area contributed by atoms with Crippen LogP contribution in [0, 0.1) is 23.7 Å². The zero-order valence-corrected chi connectivity index (χ0v) is 10.5. The van der Waals surface area contributed by atoms with Gasteiger partial charge < -0.3 is 10.3 Å². The Balaban J connectivity index is 2.28. The highest BCUT2D eigenvalue weighted by atomic mass is 16.2. The maximum absolute atomic E-state index is 11.8. The summed E-state index contributed by atoms with van der Waals surface area (Å²) in [6.07, 6.45) is 0. The number of aromatic nitrogens is 2. The van der Waals surface area contributed by atoms with Crippen LogP contribution >= 0.6 is 0 Å². The van der Waals surface area contributed by atoms with E-state index in [1.165, 1.54) is 0 Å². The number of aromatic amines is 1. The van der Waals surface area contributed by atoms with E-state index in [9.17, 15) is 4.79 Å². The zero-order valence-electron chi connectivity index (χ0n) is 10.5. The second kappa shape index (κ2) is 4.15. The number of anilines is 1. The molecule has 0 spiro atoms. The number of H-pyrrole nitrogens is 1. The van der Waals surface area contributed by atoms with E-state index >= 15 is 0 Å². The molecule has 0 aliphatic carbocycles. The Morgan fingerprint density at radius 1 is 1.50 bits per heavy atom. The molecule has 92 valence electrons. The van der Waals surface area contributed by atoms with Gasteiger partial charge in [0.25, 0.3) is 0 Å². The fourth-order valence-corrected chi connectivity index (χ4v) is 1.55. The number of hydrogen-bond acceptors (Lipinski definition) is 3. The Labute approximate surface area is 105 Å². The van der Waals surface area contributed by atoms with Crippen molar-refractivity contribution >= 4 is 22.6 Å². The lowest BCUT2D eigenvalue weighted by atomic mass is 9.94. The third-order valence-corrected chi connectivity index (χ3v) is 2.71. The lowest BCUT2D eigenvalue weighted by Gasteiger charge is -2.14. The number of hydrogen-bond donors (Lipinski definition) is 2. The monoisotopic (exact) mass is 242 g/mol. The number of rotatable bonds is 2. The largest absolute Gasteiger partial charge is 0.342 e. The summed E-state index contributed by atoms with van der Waals surface area (Å²) >= 11 is 0. The highest BCUT2D eigenvalue weighted by molar-refractivity contribution is 5.97. The normalized spacial score (nSPS) is 11.2. The van der Waals surface area contributed by atoms with Crippen LogP contribution in [0.4, 0.5) is 5.69 Å². The third-order valence-electron chi connectivity index (χ3n) is 2.71. The standard InChI is InChI=1S/C13H14N4O/c1-8-15-10-5-4-9(6-11(10)16-8)17-12(18)13(2,3)7-14/h4-6H,1-3H3,(H,15,16)(H,17,18). The van der Waals surface area contributed by atoms with Gasteiger partial charge in [0, 0.05) is 5.69 Å². The second-order valence-corrected chi connectivity index (χ2v) is 4.75. The van der Waals surface area contributed by atoms with Gasteiger partial charge in [0.2, 0.25) is 5.91 Å². The van der Waals surface area contributed by atoms with Gasteiger partial charge in [-0.1, -0.05) is 0 Å². The number of imidazole rings is 1. The molecule has 0 radical (unpaired) electrons. The van der Waals surface area contributed by atoms with Crippen molar-refractivity contribution in [2.45, 2.75) is 20.8 Å². The number of nitrogens with one attached hydrogen (secondary N) is 2. The van der Waals surface area contributed by atoms with Crippen molar-refractivity contribution in [3.63, 3.8) is 0 Å². The van der Waals surface area contributed by atoms with Gasteiger partial charge in [0.15, 0.2) is 0 Å². The van der Waals surface area contributed by atoms with Gasteiger partial charge in [-0.15, -0.1) is 0 Å². The highest BCUT2D eigenvalue weighted by Gasteiger charge is 2.27. The van der Waals surface area contributed by atoms with Crippen molar-refractivity contribution in [2.24, 2.45) is 5.41 Å². The van der Waals surface area contributed by atoms with E-state index in [0.717, 1.165) is 16.9 Å². The van der Waals surface area contributed by atoms with Crippen LogP contribution in [0.1, 0.15) is 19.7 Å². The van der Waals surface area contributed by atoms with Gasteiger partial charge in [0.1, 0.15) is 11.2 Å². The van der Waals surface area contributed by atoms with Crippen LogP contribution in [0.3, 0.4) is 0 Å². The number of carbonyl (C=O) groups excluding carboxylic acids is 1. The maximum Gasteiger partial charge on any atom is 0.244 e. The summed E-state index contributed by atoms with van der Waals surface area (Å²) in [6.45, 7) is 5.04. The lowest BCUT2D eigenvalue weighted by Crippen LogP contribution is -2.29. The Bertz CT molecular complexity index is 649. The first-order valence-electron chi connectivity index (χ1n) is 5.61. The minimum atomic E-state index is -1.04. The van der Waals surface area contributed by atoms with Crippen molar-refractivity contribution in [3.8, 4) is 6.07 Å². The van der Waals surface area contributed by atoms with Gasteiger partial charge in [-0.25, -0.2) is 4.98 Å². The second-order valence-electron chi connectivity index (χ2n) is 4.75. The summed E-state index contributed by atoms with van der Waals surface area (Å²) in [7, 11) is 0. The van der Waals surface area contributed by atoms with Crippen molar-refractivity contribution in [1.82, 2.24) is 9.97 Å². The third kappa shape index (κ3) is 2.18. The molecule has 5 nitrogen and oxygen atoms in total. The molecule has 0 aliphatic heterocycles. The molecule has 1 heterocycles. The molecule has 0 fully saturated rings. The Morgan fingerprint density at radius 2 is 2.22 bits per heavy atom. The number of nitrogens with zero attached hydrogens (tertiary/aromatic N) is 2. The lowest BCUT2D eigenvalue weighted by molar-refractivity contribution is -0.121. The number of amides is 1. The Kier molecular flexibility index (Phi) is 2.79. The average Bonchev–Trinajstić information content (AvgIpc) is 2.68. The van der Waals surface area contributed by atoms with Gasteiger partial charge in [-0.05, 0) is 39.0 Å². The summed E-state index contributed by atoms with van der Waals surface area (Å²) in [5, 5.41) is 11.6. The zero-order chi connectivity index (χ0) is 13.3. The van der Waals surface area contributed by atoms with E-state index < -0.39 is 5.41 Å². The number of fused-ring (bicyclic) bond motifs is 1. The average molecular weight is 242 g/mol. The van der Waals surface area contributed by atoms with Crippen molar-refractivity contribution < 1.29 is 4.79 Å². The molecule has 2 N–H and O–H groups in total. The summed E-state index contributed by atoms with van der Waals surface area (Å²) in [4.78, 5) is 19.2. The molecule has 0 unspecified atom stereocenters. The number of nitriles is 1. The summed E-state index contributed by atoms with van der Waals surface area (Å²) in [5.41, 5.74) is 1.32. The van der Waals surface area contributed by atoms with E-state index in [-0.39, 0.29) is 5.91 Å². The van der Waals surface area contributed by atoms with Crippen LogP contribution in [0.2, 0.25) is 0 Å². The molecule has 0 saturated heterocycles. The highest BCUT2D eigenvalue weighted by Crippen LogP contribution is 2.20. The van der Waals surface area contributed by atoms with Gasteiger partial charge >= 0.3 is 0 Å². The first-order valence-corrected chi connectivity index (χ1v) is 5.61. The molecule has 2 rings (SSSR count). The van der Waals surface area contributed by atoms with Crippen LogP contribution < -0.4 is 5.32 Å². The SMILES string of the molecule is Cc1nc2ccc(NC(=O)C(C)(C)C#N)cc2[nH]1. The van der Waals surface area contributed by atoms with Crippen LogP contribution in [0.25, 0.3) is 11.0 Å². The minimum Gasteiger partial charge on any atom is -0.342 e. The molecule has 0 atom stereocenters. The fraction of sp³-hybridized carbons (Fsp3) is 0.308. The molecule has 0 aliphatic rings. The van der Waals surface area contributed by atoms with Crippen LogP contribution in [0.5, 0.6) is 0 Å². The fourth-order valence-electron chi connectivity index (χ4n) is 1.55. The molecular formula is C13H14N4O. The van der Waals surface area contributed by atoms with E-state index in [4.69, 9.17) is 5.26 Å². The molecule has 1 aromatic heterocycles. The summed E-state index contributed by atoms with van der Waals surface area (Å²) in [5.74, 6) is 0.506. The maximum atomic E-state index is 11.8. The smallest absolute Gasteiger partial charge is 0.244 e. The molecule has 0 bridgehead atoms. The first-order chi connectivity index (χ1) is 8.42. The van der Waals surface area contributed by atoms with E-state index in [1.807, 2.05) is 19.1 Å². The molecule has 1 amide bonds. The molecule has 1 aromatic carbocycles. The summed E-state index contributed by atoms with van der Waals surface area (Å²) in [6, 6.07) is 7.38. The van der Waals surface area contributed by atoms with Crippen molar-refractivity contribution in [1.29, 1.82) is 5.26 Å². The van der Waals surface area contributed by atoms with Crippen LogP contribution in [-0.2, 0) is 4.79 Å². The van der Waals surface area contributed by atoms with E-state index in [0.29, 0.717) is 5.69 Å². The van der Waals surface area contributed by atoms with Crippen molar-refractivity contribution in [3.05, 3.63) is 24.0 Å². The van der Waals surface area contributed by atoms with Crippen LogP contribution in [0.15, 0.2) is 18.2 Å². The van der Waals surface area contributed by atoms with Gasteiger partial charge in [-0.2, -0.15) is 5.26 Å². The first kappa shape index (κ1) is 12.1. The number of benzene rings is 1. The quantitative estimate of drug-likeness (QED) is 0.848. The van der Waals surface area contributed by atoms with Crippen LogP contribution in [-0.4, -0.2) is 15.9 Å². The predicted octanol–water partition coefficient (Wildman–Crippen LogP) is 2.36. The van der Waals surface area contributed by atoms with Gasteiger partial charge in [-0.3, -0.25) is 4.79 Å². The molecule has 0 saturated carbocycles. The van der Waals surface area contributed by atoms with Gasteiger partial charge in [0.05, 0.1) is 17.1 Å². The topological polar surface area (TPSA) is 81.6 Å².